The van der Waals surface area contributed by atoms with Crippen LogP contribution in [0.3, 0.4) is 0 Å². The molecule has 0 aromatic heterocycles. The summed E-state index contributed by atoms with van der Waals surface area (Å²) >= 11 is 0. The van der Waals surface area contributed by atoms with Gasteiger partial charge in [0.05, 0.1) is 19.1 Å². The van der Waals surface area contributed by atoms with Gasteiger partial charge in [-0.2, -0.15) is 0 Å². The van der Waals surface area contributed by atoms with Crippen LogP contribution in [-0.2, 0) is 25.7 Å². The number of nitrogens with zero attached hydrogens (tertiary/aromatic N) is 3. The van der Waals surface area contributed by atoms with Gasteiger partial charge in [-0.3, -0.25) is 24.2 Å². The fourth-order valence-corrected chi connectivity index (χ4v) is 5.00. The summed E-state index contributed by atoms with van der Waals surface area (Å²) in [5, 5.41) is 17.7. The van der Waals surface area contributed by atoms with Gasteiger partial charge in [-0.1, -0.05) is 30.3 Å². The van der Waals surface area contributed by atoms with Crippen molar-refractivity contribution in [2.45, 2.75) is 56.5 Å². The normalized spacial score (nSPS) is 24.7. The molecular weight excluding hydrogens is 452 g/mol. The van der Waals surface area contributed by atoms with E-state index in [1.807, 2.05) is 14.1 Å². The van der Waals surface area contributed by atoms with Gasteiger partial charge in [-0.15, -0.1) is 0 Å². The first kappa shape index (κ1) is 28.7. The van der Waals surface area contributed by atoms with Crippen molar-refractivity contribution in [1.29, 1.82) is 0 Å². The van der Waals surface area contributed by atoms with E-state index in [0.29, 0.717) is 24.5 Å². The molecule has 3 fully saturated rings. The number of carbonyl (C=O) groups excluding carboxylic acids is 1. The molecule has 3 N–H and O–H groups in total. The molecule has 1 aromatic rings. The van der Waals surface area contributed by atoms with E-state index >= 15 is 0 Å². The molecule has 3 heterocycles. The van der Waals surface area contributed by atoms with Crippen LogP contribution in [0.4, 0.5) is 0 Å². The highest BCUT2D eigenvalue weighted by Gasteiger charge is 2.38. The van der Waals surface area contributed by atoms with E-state index in [1.165, 1.54) is 37.9 Å². The van der Waals surface area contributed by atoms with Crippen LogP contribution in [0.25, 0.3) is 0 Å². The predicted molar refractivity (Wildman–Crippen MR) is 132 cm³/mol. The molecule has 0 aliphatic carbocycles. The number of carboxylic acid groups (broad SMARTS) is 2. The number of amides is 1. The molecule has 196 valence electrons. The SMILES string of the molecule is CN(C)C(=O)C[C@H]1CN2C[C@H](NC3CCN(Cc4ccccc4)CC3)C[C@H]2CO1.O=CO.O=CO. The third-order valence-electron chi connectivity index (χ3n) is 6.70. The van der Waals surface area contributed by atoms with Crippen LogP contribution in [0.5, 0.6) is 0 Å². The Hall–Kier alpha value is -2.53. The molecular formula is C25H40N4O6. The highest BCUT2D eigenvalue weighted by molar-refractivity contribution is 5.76. The van der Waals surface area contributed by atoms with Gasteiger partial charge in [0.1, 0.15) is 0 Å². The second-order valence-corrected chi connectivity index (χ2v) is 9.40. The van der Waals surface area contributed by atoms with Crippen LogP contribution in [0, 0.1) is 0 Å². The molecule has 1 aromatic carbocycles. The Morgan fingerprint density at radius 3 is 2.31 bits per heavy atom. The smallest absolute Gasteiger partial charge is 0.290 e. The van der Waals surface area contributed by atoms with Gasteiger partial charge in [0.2, 0.25) is 5.91 Å². The number of hydrogen-bond donors (Lipinski definition) is 3. The average molecular weight is 493 g/mol. The van der Waals surface area contributed by atoms with Crippen molar-refractivity contribution in [3.63, 3.8) is 0 Å². The van der Waals surface area contributed by atoms with Crippen molar-refractivity contribution in [2.24, 2.45) is 0 Å². The van der Waals surface area contributed by atoms with Crippen LogP contribution < -0.4 is 5.32 Å². The minimum atomic E-state index is -0.250. The molecule has 0 unspecified atom stereocenters. The van der Waals surface area contributed by atoms with Crippen molar-refractivity contribution < 1.29 is 29.3 Å². The van der Waals surface area contributed by atoms with Crippen LogP contribution in [-0.4, -0.2) is 115 Å². The standard InChI is InChI=1S/C23H36N4O2.2CH2O2/c1-25(2)23(28)13-22-16-27-15-20(12-21(27)17-29-22)24-19-8-10-26(11-9-19)14-18-6-4-3-5-7-18;2*2-1-3/h3-7,19-22,24H,8-17H2,1-2H3;2*1H,(H,2,3)/t20-,21+,22+;;/m1../s1. The van der Waals surface area contributed by atoms with Crippen LogP contribution >= 0.6 is 0 Å². The molecule has 0 spiro atoms. The number of nitrogens with one attached hydrogen (secondary N) is 1. The molecule has 0 bridgehead atoms. The van der Waals surface area contributed by atoms with Gasteiger partial charge in [-0.25, -0.2) is 0 Å². The van der Waals surface area contributed by atoms with Crippen molar-refractivity contribution in [3.05, 3.63) is 35.9 Å². The minimum Gasteiger partial charge on any atom is -0.483 e. The van der Waals surface area contributed by atoms with Gasteiger partial charge in [0.15, 0.2) is 0 Å². The Labute approximate surface area is 207 Å². The van der Waals surface area contributed by atoms with E-state index in [9.17, 15) is 4.79 Å². The summed E-state index contributed by atoms with van der Waals surface area (Å²) in [7, 11) is 3.63. The molecule has 3 aliphatic heterocycles. The van der Waals surface area contributed by atoms with Crippen molar-refractivity contribution in [1.82, 2.24) is 20.0 Å². The number of likely N-dealkylation sites (tertiary alicyclic amines) is 1. The van der Waals surface area contributed by atoms with Crippen molar-refractivity contribution >= 4 is 18.9 Å². The molecule has 4 rings (SSSR count). The monoisotopic (exact) mass is 492 g/mol. The number of hydrogen-bond acceptors (Lipinski definition) is 7. The predicted octanol–water partition coefficient (Wildman–Crippen LogP) is 0.962. The maximum atomic E-state index is 12.0. The lowest BCUT2D eigenvalue weighted by Gasteiger charge is -2.35. The Morgan fingerprint density at radius 1 is 1.09 bits per heavy atom. The van der Waals surface area contributed by atoms with Crippen LogP contribution in [0.15, 0.2) is 30.3 Å². The average Bonchev–Trinajstić information content (AvgIpc) is 3.23. The second kappa shape index (κ2) is 15.5. The summed E-state index contributed by atoms with van der Waals surface area (Å²) in [4.78, 5) is 35.5. The van der Waals surface area contributed by atoms with Crippen LogP contribution in [0.2, 0.25) is 0 Å². The Balaban J connectivity index is 0.000000655. The van der Waals surface area contributed by atoms with Gasteiger partial charge >= 0.3 is 0 Å². The molecule has 35 heavy (non-hydrogen) atoms. The summed E-state index contributed by atoms with van der Waals surface area (Å²) in [5.74, 6) is 0.157. The second-order valence-electron chi connectivity index (χ2n) is 9.40. The van der Waals surface area contributed by atoms with Gasteiger partial charge in [0.25, 0.3) is 12.9 Å². The number of fused-ring (bicyclic) bond motifs is 1. The summed E-state index contributed by atoms with van der Waals surface area (Å²) in [6.07, 6.45) is 4.16. The third kappa shape index (κ3) is 9.93. The van der Waals surface area contributed by atoms with E-state index in [0.717, 1.165) is 26.2 Å². The minimum absolute atomic E-state index is 0.0427. The molecule has 10 heteroatoms. The fraction of sp³-hybridized carbons (Fsp3) is 0.640. The number of piperidine rings is 1. The highest BCUT2D eigenvalue weighted by Crippen LogP contribution is 2.26. The molecule has 0 saturated carbocycles. The fourth-order valence-electron chi connectivity index (χ4n) is 5.00. The first-order valence-corrected chi connectivity index (χ1v) is 12.1. The zero-order valence-electron chi connectivity index (χ0n) is 20.8. The molecule has 3 saturated heterocycles. The van der Waals surface area contributed by atoms with E-state index < -0.39 is 0 Å². The molecule has 1 amide bonds. The van der Waals surface area contributed by atoms with Crippen molar-refractivity contribution in [2.75, 3.05) is 46.9 Å². The largest absolute Gasteiger partial charge is 0.483 e. The topological polar surface area (TPSA) is 123 Å². The first-order valence-electron chi connectivity index (χ1n) is 12.1. The van der Waals surface area contributed by atoms with Crippen molar-refractivity contribution in [3.8, 4) is 0 Å². The maximum Gasteiger partial charge on any atom is 0.290 e. The number of morpholine rings is 1. The third-order valence-corrected chi connectivity index (χ3v) is 6.70. The molecule has 0 radical (unpaired) electrons. The number of benzene rings is 1. The van der Waals surface area contributed by atoms with Crippen LogP contribution in [0.1, 0.15) is 31.2 Å². The zero-order chi connectivity index (χ0) is 25.6. The first-order chi connectivity index (χ1) is 16.9. The van der Waals surface area contributed by atoms with Gasteiger partial charge in [-0.05, 0) is 37.9 Å². The summed E-state index contributed by atoms with van der Waals surface area (Å²) < 4.78 is 6.00. The Kier molecular flexibility index (Phi) is 12.7. The summed E-state index contributed by atoms with van der Waals surface area (Å²) in [6.45, 7) is 5.65. The number of carbonyl (C=O) groups is 3. The quantitative estimate of drug-likeness (QED) is 0.498. The lowest BCUT2D eigenvalue weighted by Crippen LogP contribution is -2.48. The van der Waals surface area contributed by atoms with Gasteiger partial charge in [0, 0.05) is 51.9 Å². The highest BCUT2D eigenvalue weighted by atomic mass is 16.5. The van der Waals surface area contributed by atoms with E-state index in [4.69, 9.17) is 24.5 Å². The molecule has 10 nitrogen and oxygen atoms in total. The Morgan fingerprint density at radius 2 is 1.71 bits per heavy atom. The lowest BCUT2D eigenvalue weighted by atomic mass is 10.0. The maximum absolute atomic E-state index is 12.0. The summed E-state index contributed by atoms with van der Waals surface area (Å²) in [6, 6.07) is 12.5. The summed E-state index contributed by atoms with van der Waals surface area (Å²) in [5.41, 5.74) is 1.41. The van der Waals surface area contributed by atoms with E-state index in [-0.39, 0.29) is 25.0 Å². The molecule has 3 atom stereocenters. The zero-order valence-corrected chi connectivity index (χ0v) is 20.8. The number of rotatable bonds is 6. The van der Waals surface area contributed by atoms with E-state index in [1.54, 1.807) is 4.90 Å². The number of ether oxygens (including phenoxy) is 1. The lowest BCUT2D eigenvalue weighted by molar-refractivity contribution is -0.134. The molecule has 3 aliphatic rings. The Bertz CT molecular complexity index is 752. The van der Waals surface area contributed by atoms with E-state index in [2.05, 4.69) is 45.4 Å². The van der Waals surface area contributed by atoms with Gasteiger partial charge < -0.3 is 25.2 Å².